The summed E-state index contributed by atoms with van der Waals surface area (Å²) in [6, 6.07) is 0. The summed E-state index contributed by atoms with van der Waals surface area (Å²) in [7, 11) is 0. The zero-order valence-corrected chi connectivity index (χ0v) is 7.07. The fourth-order valence-electron chi connectivity index (χ4n) is 1.41. The molecule has 0 aromatic heterocycles. The van der Waals surface area contributed by atoms with Crippen LogP contribution in [0.4, 0.5) is 0 Å². The molecule has 0 aromatic rings. The number of nitrogens with zero attached hydrogens (tertiary/aromatic N) is 1. The molecule has 1 aliphatic rings. The van der Waals surface area contributed by atoms with Gasteiger partial charge < -0.3 is 15.1 Å². The predicted molar refractivity (Wildman–Crippen MR) is 44.5 cm³/mol. The van der Waals surface area contributed by atoms with E-state index in [0.717, 1.165) is 31.4 Å². The van der Waals surface area contributed by atoms with Crippen LogP contribution < -0.4 is 0 Å². The van der Waals surface area contributed by atoms with E-state index < -0.39 is 0 Å². The van der Waals surface area contributed by atoms with Gasteiger partial charge in [0.25, 0.3) is 0 Å². The molecule has 0 spiro atoms. The Morgan fingerprint density at radius 1 is 1.42 bits per heavy atom. The lowest BCUT2D eigenvalue weighted by atomic mass is 9.96. The third-order valence-electron chi connectivity index (χ3n) is 2.10. The fraction of sp³-hybridized carbons (Fsp3) is 0.875. The Morgan fingerprint density at radius 2 is 2.08 bits per heavy atom. The van der Waals surface area contributed by atoms with Crippen molar-refractivity contribution >= 4 is 5.71 Å². The molecule has 1 fully saturated rings. The van der Waals surface area contributed by atoms with Crippen LogP contribution in [0.3, 0.4) is 0 Å². The van der Waals surface area contributed by atoms with E-state index in [4.69, 9.17) is 15.1 Å². The third-order valence-corrected chi connectivity index (χ3v) is 2.10. The van der Waals surface area contributed by atoms with Gasteiger partial charge in [0.2, 0.25) is 0 Å². The van der Waals surface area contributed by atoms with Gasteiger partial charge in [-0.3, -0.25) is 0 Å². The lowest BCUT2D eigenvalue weighted by Gasteiger charge is -2.22. The van der Waals surface area contributed by atoms with Crippen molar-refractivity contribution < 1.29 is 15.1 Å². The molecule has 1 aliphatic carbocycles. The molecule has 0 amide bonds. The van der Waals surface area contributed by atoms with Crippen LogP contribution in [-0.4, -0.2) is 35.3 Å². The van der Waals surface area contributed by atoms with Crippen molar-refractivity contribution in [3.05, 3.63) is 0 Å². The zero-order chi connectivity index (χ0) is 8.81. The Morgan fingerprint density at radius 3 is 2.58 bits per heavy atom. The Balaban J connectivity index is 2.17. The van der Waals surface area contributed by atoms with Crippen LogP contribution in [0.1, 0.15) is 25.7 Å². The lowest BCUT2D eigenvalue weighted by Crippen LogP contribution is -2.22. The van der Waals surface area contributed by atoms with Crippen molar-refractivity contribution in [2.75, 3.05) is 13.2 Å². The molecule has 2 N–H and O–H groups in total. The number of oxime groups is 1. The molecule has 4 nitrogen and oxygen atoms in total. The Labute approximate surface area is 71.8 Å². The van der Waals surface area contributed by atoms with Crippen molar-refractivity contribution in [2.45, 2.75) is 31.8 Å². The topological polar surface area (TPSA) is 62.0 Å². The van der Waals surface area contributed by atoms with Gasteiger partial charge in [-0.15, -0.1) is 0 Å². The molecule has 4 heteroatoms. The van der Waals surface area contributed by atoms with E-state index in [-0.39, 0.29) is 12.7 Å². The average Bonchev–Trinajstić information content (AvgIpc) is 2.15. The standard InChI is InChI=1S/C8H15NO3/c10-5-6-12-8-3-1-7(9-11)2-4-8/h8,10-11H,1-6H2. The molecule has 0 atom stereocenters. The molecular weight excluding hydrogens is 158 g/mol. The quantitative estimate of drug-likeness (QED) is 0.489. The summed E-state index contributed by atoms with van der Waals surface area (Å²) in [4.78, 5) is 0. The number of rotatable bonds is 3. The van der Waals surface area contributed by atoms with Crippen LogP contribution in [0, 0.1) is 0 Å². The first-order valence-electron chi connectivity index (χ1n) is 4.29. The van der Waals surface area contributed by atoms with Gasteiger partial charge in [-0.25, -0.2) is 0 Å². The monoisotopic (exact) mass is 173 g/mol. The first kappa shape index (κ1) is 9.48. The number of hydrogen-bond donors (Lipinski definition) is 2. The van der Waals surface area contributed by atoms with E-state index >= 15 is 0 Å². The summed E-state index contributed by atoms with van der Waals surface area (Å²) in [5.74, 6) is 0. The molecule has 0 aromatic carbocycles. The second-order valence-corrected chi connectivity index (χ2v) is 2.96. The summed E-state index contributed by atoms with van der Waals surface area (Å²) < 4.78 is 5.34. The van der Waals surface area contributed by atoms with Gasteiger partial charge in [0, 0.05) is 0 Å². The lowest BCUT2D eigenvalue weighted by molar-refractivity contribution is 0.0180. The van der Waals surface area contributed by atoms with E-state index in [9.17, 15) is 0 Å². The van der Waals surface area contributed by atoms with Gasteiger partial charge in [-0.2, -0.15) is 0 Å². The smallest absolute Gasteiger partial charge is 0.0701 e. The maximum Gasteiger partial charge on any atom is 0.0701 e. The summed E-state index contributed by atoms with van der Waals surface area (Å²) in [6.45, 7) is 0.494. The van der Waals surface area contributed by atoms with E-state index in [1.54, 1.807) is 0 Å². The van der Waals surface area contributed by atoms with Gasteiger partial charge in [0.05, 0.1) is 25.0 Å². The van der Waals surface area contributed by atoms with Crippen molar-refractivity contribution in [3.63, 3.8) is 0 Å². The van der Waals surface area contributed by atoms with Gasteiger partial charge in [-0.05, 0) is 25.7 Å². The molecule has 0 unspecified atom stereocenters. The van der Waals surface area contributed by atoms with Crippen LogP contribution in [-0.2, 0) is 4.74 Å². The maximum absolute atomic E-state index is 8.51. The minimum Gasteiger partial charge on any atom is -0.411 e. The van der Waals surface area contributed by atoms with Gasteiger partial charge in [0.1, 0.15) is 0 Å². The van der Waals surface area contributed by atoms with Crippen LogP contribution in [0.15, 0.2) is 5.16 Å². The fourth-order valence-corrected chi connectivity index (χ4v) is 1.41. The number of ether oxygens (including phenoxy) is 1. The molecular formula is C8H15NO3. The summed E-state index contributed by atoms with van der Waals surface area (Å²) in [5.41, 5.74) is 0.860. The van der Waals surface area contributed by atoms with Crippen LogP contribution in [0.2, 0.25) is 0 Å². The molecule has 0 saturated heterocycles. The number of hydrogen-bond acceptors (Lipinski definition) is 4. The largest absolute Gasteiger partial charge is 0.411 e. The predicted octanol–water partition coefficient (Wildman–Crippen LogP) is 0.768. The second-order valence-electron chi connectivity index (χ2n) is 2.96. The Kier molecular flexibility index (Phi) is 4.04. The Bertz CT molecular complexity index is 148. The van der Waals surface area contributed by atoms with Crippen LogP contribution in [0.25, 0.3) is 0 Å². The summed E-state index contributed by atoms with van der Waals surface area (Å²) >= 11 is 0. The second kappa shape index (κ2) is 5.11. The molecule has 12 heavy (non-hydrogen) atoms. The van der Waals surface area contributed by atoms with E-state index in [1.165, 1.54) is 0 Å². The highest BCUT2D eigenvalue weighted by atomic mass is 16.5. The molecule has 70 valence electrons. The van der Waals surface area contributed by atoms with E-state index in [2.05, 4.69) is 5.16 Å². The van der Waals surface area contributed by atoms with Crippen LogP contribution in [0.5, 0.6) is 0 Å². The average molecular weight is 173 g/mol. The van der Waals surface area contributed by atoms with Gasteiger partial charge in [0.15, 0.2) is 0 Å². The highest BCUT2D eigenvalue weighted by molar-refractivity contribution is 5.84. The van der Waals surface area contributed by atoms with Crippen molar-refractivity contribution in [1.29, 1.82) is 0 Å². The highest BCUT2D eigenvalue weighted by Gasteiger charge is 2.17. The third kappa shape index (κ3) is 2.79. The van der Waals surface area contributed by atoms with Crippen molar-refractivity contribution in [1.82, 2.24) is 0 Å². The van der Waals surface area contributed by atoms with Crippen LogP contribution >= 0.6 is 0 Å². The molecule has 0 bridgehead atoms. The summed E-state index contributed by atoms with van der Waals surface area (Å²) in [6.07, 6.45) is 3.67. The maximum atomic E-state index is 8.51. The molecule has 1 saturated carbocycles. The molecule has 1 rings (SSSR count). The molecule has 0 radical (unpaired) electrons. The number of aliphatic hydroxyl groups excluding tert-OH is 1. The van der Waals surface area contributed by atoms with Gasteiger partial charge in [-0.1, -0.05) is 5.16 Å². The molecule has 0 aliphatic heterocycles. The normalized spacial score (nSPS) is 24.1. The number of aliphatic hydroxyl groups is 1. The minimum absolute atomic E-state index is 0.0808. The van der Waals surface area contributed by atoms with Crippen molar-refractivity contribution in [3.8, 4) is 0 Å². The Hall–Kier alpha value is -0.610. The van der Waals surface area contributed by atoms with Gasteiger partial charge >= 0.3 is 0 Å². The van der Waals surface area contributed by atoms with E-state index in [0.29, 0.717) is 6.61 Å². The SMILES string of the molecule is OCCOC1CCC(=NO)CC1. The first-order chi connectivity index (χ1) is 5.86. The first-order valence-corrected chi connectivity index (χ1v) is 4.29. The molecule has 0 heterocycles. The zero-order valence-electron chi connectivity index (χ0n) is 7.07. The minimum atomic E-state index is 0.0808. The van der Waals surface area contributed by atoms with Crippen molar-refractivity contribution in [2.24, 2.45) is 5.16 Å². The highest BCUT2D eigenvalue weighted by Crippen LogP contribution is 2.18. The van der Waals surface area contributed by atoms with E-state index in [1.807, 2.05) is 0 Å². The summed E-state index contributed by atoms with van der Waals surface area (Å²) in [5, 5.41) is 20.1.